The number of nitrogens with zero attached hydrogens (tertiary/aromatic N) is 2. The Balaban J connectivity index is 1.16. The molecule has 0 aliphatic carbocycles. The number of hydrogen-bond donors (Lipinski definition) is 2. The lowest BCUT2D eigenvalue weighted by molar-refractivity contribution is -0.125. The number of para-hydroxylation sites is 2. The molecule has 2 aliphatic heterocycles. The van der Waals surface area contributed by atoms with Crippen molar-refractivity contribution in [1.29, 1.82) is 0 Å². The Morgan fingerprint density at radius 2 is 1.59 bits per heavy atom. The van der Waals surface area contributed by atoms with E-state index in [0.29, 0.717) is 49.8 Å². The Hall–Kier alpha value is -4.00. The largest absolute Gasteiger partial charge is 0.454 e. The van der Waals surface area contributed by atoms with Crippen LogP contribution < -0.4 is 14.8 Å². The molecule has 5 rings (SSSR count). The van der Waals surface area contributed by atoms with Gasteiger partial charge in [-0.3, -0.25) is 14.3 Å². The number of amides is 3. The molecule has 49 heavy (non-hydrogen) atoms. The van der Waals surface area contributed by atoms with Crippen LogP contribution in [0.1, 0.15) is 56.8 Å². The summed E-state index contributed by atoms with van der Waals surface area (Å²) in [6.07, 6.45) is 2.37. The van der Waals surface area contributed by atoms with E-state index >= 15 is 0 Å². The number of carbonyl (C=O) groups is 3. The predicted octanol–water partition coefficient (Wildman–Crippen LogP) is 6.95. The van der Waals surface area contributed by atoms with Crippen LogP contribution in [0.4, 0.5) is 10.5 Å². The van der Waals surface area contributed by atoms with Gasteiger partial charge in [-0.25, -0.2) is 13.2 Å². The summed E-state index contributed by atoms with van der Waals surface area (Å²) >= 11 is 12.2. The molecule has 0 unspecified atom stereocenters. The third-order valence-corrected chi connectivity index (χ3v) is 10.2. The highest BCUT2D eigenvalue weighted by Gasteiger charge is 2.35. The zero-order valence-electron chi connectivity index (χ0n) is 27.6. The smallest absolute Gasteiger partial charge is 0.410 e. The van der Waals surface area contributed by atoms with Crippen LogP contribution in [0.25, 0.3) is 0 Å². The van der Waals surface area contributed by atoms with E-state index in [-0.39, 0.29) is 50.7 Å². The molecule has 3 aromatic carbocycles. The summed E-state index contributed by atoms with van der Waals surface area (Å²) in [6, 6.07) is 16.2. The number of sulfonamides is 1. The van der Waals surface area contributed by atoms with Crippen molar-refractivity contribution in [2.45, 2.75) is 63.0 Å². The second-order valence-electron chi connectivity index (χ2n) is 13.1. The van der Waals surface area contributed by atoms with E-state index in [2.05, 4.69) is 10.0 Å². The molecule has 3 amide bonds. The molecule has 0 radical (unpaired) electrons. The molecular formula is C35H40Cl2N4O7S. The van der Waals surface area contributed by atoms with Gasteiger partial charge in [-0.1, -0.05) is 35.3 Å². The van der Waals surface area contributed by atoms with E-state index in [1.165, 1.54) is 35.2 Å². The lowest BCUT2D eigenvalue weighted by atomic mass is 9.97. The number of nitrogens with one attached hydrogen (secondary N) is 2. The van der Waals surface area contributed by atoms with Gasteiger partial charge in [-0.05, 0) is 107 Å². The molecule has 11 nitrogen and oxygen atoms in total. The average Bonchev–Trinajstić information content (AvgIpc) is 3.55. The van der Waals surface area contributed by atoms with Crippen LogP contribution in [0.3, 0.4) is 0 Å². The number of ether oxygens (including phenoxy) is 2. The number of rotatable bonds is 9. The predicted molar refractivity (Wildman–Crippen MR) is 188 cm³/mol. The molecule has 2 heterocycles. The fourth-order valence-corrected chi connectivity index (χ4v) is 7.27. The maximum atomic E-state index is 13.5. The van der Waals surface area contributed by atoms with Crippen LogP contribution in [0, 0.1) is 5.92 Å². The zero-order chi connectivity index (χ0) is 35.3. The van der Waals surface area contributed by atoms with Gasteiger partial charge in [0.1, 0.15) is 17.4 Å². The highest BCUT2D eigenvalue weighted by Crippen LogP contribution is 2.36. The van der Waals surface area contributed by atoms with Gasteiger partial charge in [-0.2, -0.15) is 0 Å². The molecule has 0 bridgehead atoms. The van der Waals surface area contributed by atoms with Crippen LogP contribution in [0.15, 0.2) is 71.6 Å². The zero-order valence-corrected chi connectivity index (χ0v) is 29.9. The number of hydrogen-bond acceptors (Lipinski definition) is 7. The molecule has 0 spiro atoms. The van der Waals surface area contributed by atoms with Crippen molar-refractivity contribution in [2.24, 2.45) is 5.92 Å². The van der Waals surface area contributed by atoms with Crippen molar-refractivity contribution in [3.63, 3.8) is 0 Å². The first-order chi connectivity index (χ1) is 23.2. The van der Waals surface area contributed by atoms with Gasteiger partial charge in [0.15, 0.2) is 5.75 Å². The first-order valence-electron chi connectivity index (χ1n) is 16.1. The first kappa shape index (κ1) is 36.3. The van der Waals surface area contributed by atoms with Gasteiger partial charge in [0.25, 0.3) is 15.9 Å². The number of benzene rings is 3. The van der Waals surface area contributed by atoms with E-state index in [9.17, 15) is 22.8 Å². The molecule has 2 N–H and O–H groups in total. The summed E-state index contributed by atoms with van der Waals surface area (Å²) in [6.45, 7) is 7.50. The molecule has 0 aromatic heterocycles. The van der Waals surface area contributed by atoms with Gasteiger partial charge >= 0.3 is 6.09 Å². The van der Waals surface area contributed by atoms with Crippen molar-refractivity contribution in [3.05, 3.63) is 82.3 Å². The Morgan fingerprint density at radius 1 is 0.898 bits per heavy atom. The van der Waals surface area contributed by atoms with E-state index in [1.54, 1.807) is 41.3 Å². The average molecular weight is 732 g/mol. The summed E-state index contributed by atoms with van der Waals surface area (Å²) in [7, 11) is -4.07. The van der Waals surface area contributed by atoms with Crippen molar-refractivity contribution in [1.82, 2.24) is 15.1 Å². The first-order valence-corrected chi connectivity index (χ1v) is 18.4. The Morgan fingerprint density at radius 3 is 2.27 bits per heavy atom. The van der Waals surface area contributed by atoms with Gasteiger partial charge in [0, 0.05) is 36.8 Å². The van der Waals surface area contributed by atoms with Crippen LogP contribution in [0.5, 0.6) is 11.5 Å². The molecule has 262 valence electrons. The molecule has 2 fully saturated rings. The van der Waals surface area contributed by atoms with Crippen molar-refractivity contribution in [3.8, 4) is 11.5 Å². The van der Waals surface area contributed by atoms with Crippen molar-refractivity contribution in [2.75, 3.05) is 30.9 Å². The minimum absolute atomic E-state index is 0.0585. The van der Waals surface area contributed by atoms with Gasteiger partial charge in [0.2, 0.25) is 5.91 Å². The van der Waals surface area contributed by atoms with Crippen LogP contribution >= 0.6 is 23.2 Å². The van der Waals surface area contributed by atoms with E-state index in [4.69, 9.17) is 32.7 Å². The Bertz CT molecular complexity index is 1790. The Kier molecular flexibility index (Phi) is 11.3. The van der Waals surface area contributed by atoms with Gasteiger partial charge < -0.3 is 24.6 Å². The minimum atomic E-state index is -4.07. The lowest BCUT2D eigenvalue weighted by Crippen LogP contribution is -2.48. The number of halogens is 2. The fraction of sp³-hybridized carbons (Fsp3) is 0.400. The normalized spacial score (nSPS) is 17.0. The number of anilines is 1. The second kappa shape index (κ2) is 15.3. The molecule has 2 aliphatic rings. The third kappa shape index (κ3) is 9.37. The standard InChI is InChI=1S/C35H40Cl2N4O7S/c1-35(2,3)48-34(44)40-19-16-23(17-20-40)22-38-32(42)29-8-6-18-41(29)33(43)24-10-13-26(14-11-24)49(45,46)39-28-7-4-5-9-31(28)47-30-15-12-25(36)21-27(30)37/h4-5,7,9-15,21,23,29,39H,6,8,16-20,22H2,1-3H3,(H,38,42)/t29-/m0/s1. The van der Waals surface area contributed by atoms with E-state index in [1.807, 2.05) is 20.8 Å². The summed E-state index contributed by atoms with van der Waals surface area (Å²) < 4.78 is 40.5. The fourth-order valence-electron chi connectivity index (χ4n) is 5.75. The molecule has 3 aromatic rings. The summed E-state index contributed by atoms with van der Waals surface area (Å²) in [5.41, 5.74) is -0.0935. The monoisotopic (exact) mass is 730 g/mol. The van der Waals surface area contributed by atoms with Crippen molar-refractivity contribution >= 4 is 56.8 Å². The van der Waals surface area contributed by atoms with Crippen molar-refractivity contribution < 1.29 is 32.3 Å². The lowest BCUT2D eigenvalue weighted by Gasteiger charge is -2.33. The second-order valence-corrected chi connectivity index (χ2v) is 15.6. The van der Waals surface area contributed by atoms with E-state index in [0.717, 1.165) is 12.8 Å². The Labute approximate surface area is 296 Å². The summed E-state index contributed by atoms with van der Waals surface area (Å²) in [4.78, 5) is 42.2. The maximum Gasteiger partial charge on any atom is 0.410 e. The number of piperidine rings is 1. The van der Waals surface area contributed by atoms with Crippen LogP contribution in [0.2, 0.25) is 10.0 Å². The molecule has 1 atom stereocenters. The van der Waals surface area contributed by atoms with E-state index < -0.39 is 21.7 Å². The van der Waals surface area contributed by atoms with Crippen LogP contribution in [-0.2, 0) is 19.6 Å². The SMILES string of the molecule is CC(C)(C)OC(=O)N1CCC(CNC(=O)[C@@H]2CCCN2C(=O)c2ccc(S(=O)(=O)Nc3ccccc3Oc3ccc(Cl)cc3Cl)cc2)CC1. The van der Waals surface area contributed by atoms with Crippen LogP contribution in [-0.4, -0.2) is 73.9 Å². The highest BCUT2D eigenvalue weighted by atomic mass is 35.5. The highest BCUT2D eigenvalue weighted by molar-refractivity contribution is 7.92. The number of likely N-dealkylation sites (tertiary alicyclic amines) is 2. The minimum Gasteiger partial charge on any atom is -0.454 e. The van der Waals surface area contributed by atoms with Gasteiger partial charge in [0.05, 0.1) is 15.6 Å². The van der Waals surface area contributed by atoms with Gasteiger partial charge in [-0.15, -0.1) is 0 Å². The molecule has 2 saturated heterocycles. The molecular weight excluding hydrogens is 691 g/mol. The molecule has 14 heteroatoms. The summed E-state index contributed by atoms with van der Waals surface area (Å²) in [5.74, 6) is 0.176. The number of carbonyl (C=O) groups excluding carboxylic acids is 3. The topological polar surface area (TPSA) is 134 Å². The quantitative estimate of drug-likeness (QED) is 0.243. The molecule has 0 saturated carbocycles. The third-order valence-electron chi connectivity index (χ3n) is 8.30. The maximum absolute atomic E-state index is 13.5. The summed E-state index contributed by atoms with van der Waals surface area (Å²) in [5, 5.41) is 3.71.